The average Bonchev–Trinajstić information content (AvgIpc) is 3.19. The van der Waals surface area contributed by atoms with E-state index in [2.05, 4.69) is 15.5 Å². The predicted octanol–water partition coefficient (Wildman–Crippen LogP) is 2.96. The number of anilines is 1. The Kier molecular flexibility index (Phi) is 4.23. The van der Waals surface area contributed by atoms with Crippen LogP contribution in [0.4, 0.5) is 5.82 Å². The summed E-state index contributed by atoms with van der Waals surface area (Å²) in [5.41, 5.74) is 1.71. The number of aromatic nitrogens is 4. The molecule has 0 atom stereocenters. The first kappa shape index (κ1) is 15.0. The zero-order valence-corrected chi connectivity index (χ0v) is 13.2. The number of nitrogens with zero attached hydrogens (tertiary/aromatic N) is 4. The van der Waals surface area contributed by atoms with Gasteiger partial charge < -0.3 is 5.32 Å². The summed E-state index contributed by atoms with van der Waals surface area (Å²) in [6.07, 6.45) is 5.34. The van der Waals surface area contributed by atoms with E-state index in [9.17, 15) is 4.79 Å². The zero-order chi connectivity index (χ0) is 16.2. The minimum absolute atomic E-state index is 0.141. The van der Waals surface area contributed by atoms with E-state index in [0.29, 0.717) is 17.9 Å². The number of amides is 1. The molecule has 0 unspecified atom stereocenters. The Labute approximate surface area is 134 Å². The fraction of sp³-hybridized carbons (Fsp3) is 0.235. The van der Waals surface area contributed by atoms with Crippen molar-refractivity contribution in [1.82, 2.24) is 19.6 Å². The Morgan fingerprint density at radius 1 is 1.13 bits per heavy atom. The van der Waals surface area contributed by atoms with E-state index in [1.807, 2.05) is 55.1 Å². The molecule has 2 aromatic heterocycles. The van der Waals surface area contributed by atoms with Crippen LogP contribution < -0.4 is 5.32 Å². The van der Waals surface area contributed by atoms with Gasteiger partial charge in [-0.3, -0.25) is 9.48 Å². The van der Waals surface area contributed by atoms with Crippen LogP contribution in [-0.2, 0) is 6.54 Å². The third-order valence-electron chi connectivity index (χ3n) is 3.52. The number of rotatable bonds is 5. The van der Waals surface area contributed by atoms with Gasteiger partial charge in [0, 0.05) is 30.1 Å². The highest BCUT2D eigenvalue weighted by Crippen LogP contribution is 2.15. The van der Waals surface area contributed by atoms with Gasteiger partial charge >= 0.3 is 0 Å². The maximum absolute atomic E-state index is 12.3. The maximum Gasteiger partial charge on any atom is 0.256 e. The van der Waals surface area contributed by atoms with Crippen molar-refractivity contribution < 1.29 is 4.79 Å². The highest BCUT2D eigenvalue weighted by atomic mass is 16.1. The lowest BCUT2D eigenvalue weighted by Gasteiger charge is -2.12. The number of nitrogens with one attached hydrogen (secondary N) is 1. The van der Waals surface area contributed by atoms with Crippen LogP contribution in [-0.4, -0.2) is 25.5 Å². The molecule has 0 saturated carbocycles. The second-order valence-electron chi connectivity index (χ2n) is 5.61. The van der Waals surface area contributed by atoms with Crippen molar-refractivity contribution >= 4 is 11.7 Å². The molecular weight excluding hydrogens is 290 g/mol. The molecule has 118 valence electrons. The van der Waals surface area contributed by atoms with E-state index in [1.165, 1.54) is 0 Å². The molecule has 0 fully saturated rings. The van der Waals surface area contributed by atoms with Gasteiger partial charge in [0.1, 0.15) is 5.82 Å². The van der Waals surface area contributed by atoms with Crippen LogP contribution in [0.2, 0.25) is 0 Å². The number of hydrogen-bond donors (Lipinski definition) is 1. The lowest BCUT2D eigenvalue weighted by molar-refractivity contribution is 0.102. The van der Waals surface area contributed by atoms with Gasteiger partial charge in [-0.15, -0.1) is 0 Å². The Balaban J connectivity index is 1.69. The third-order valence-corrected chi connectivity index (χ3v) is 3.52. The van der Waals surface area contributed by atoms with E-state index in [0.717, 1.165) is 5.56 Å². The molecule has 0 bridgehead atoms. The minimum Gasteiger partial charge on any atom is -0.307 e. The van der Waals surface area contributed by atoms with Crippen molar-refractivity contribution in [2.75, 3.05) is 5.32 Å². The van der Waals surface area contributed by atoms with Crippen molar-refractivity contribution in [2.45, 2.75) is 26.4 Å². The average molecular weight is 309 g/mol. The summed E-state index contributed by atoms with van der Waals surface area (Å²) in [6, 6.07) is 11.4. The van der Waals surface area contributed by atoms with Gasteiger partial charge in [-0.05, 0) is 37.6 Å². The number of benzene rings is 1. The van der Waals surface area contributed by atoms with Crippen LogP contribution in [0.15, 0.2) is 55.0 Å². The first-order valence-corrected chi connectivity index (χ1v) is 7.55. The molecule has 6 nitrogen and oxygen atoms in total. The monoisotopic (exact) mass is 309 g/mol. The molecule has 2 heterocycles. The fourth-order valence-corrected chi connectivity index (χ4v) is 2.36. The molecule has 1 amide bonds. The predicted molar refractivity (Wildman–Crippen MR) is 88.3 cm³/mol. The lowest BCUT2D eigenvalue weighted by Crippen LogP contribution is -2.16. The van der Waals surface area contributed by atoms with E-state index in [-0.39, 0.29) is 11.9 Å². The van der Waals surface area contributed by atoms with Gasteiger partial charge in [0.2, 0.25) is 0 Å². The quantitative estimate of drug-likeness (QED) is 0.788. The maximum atomic E-state index is 12.3. The van der Waals surface area contributed by atoms with Gasteiger partial charge in [0.05, 0.1) is 12.7 Å². The molecule has 1 N–H and O–H groups in total. The SMILES string of the molecule is CC(C)n1nccc1NC(=O)c1ccc(Cn2cccn2)cc1. The Morgan fingerprint density at radius 3 is 2.57 bits per heavy atom. The van der Waals surface area contributed by atoms with Crippen LogP contribution >= 0.6 is 0 Å². The fourth-order valence-electron chi connectivity index (χ4n) is 2.36. The van der Waals surface area contributed by atoms with Crippen molar-refractivity contribution in [3.8, 4) is 0 Å². The summed E-state index contributed by atoms with van der Waals surface area (Å²) in [4.78, 5) is 12.3. The van der Waals surface area contributed by atoms with Crippen LogP contribution in [0.25, 0.3) is 0 Å². The summed E-state index contributed by atoms with van der Waals surface area (Å²) in [7, 11) is 0. The Bertz CT molecular complexity index is 772. The van der Waals surface area contributed by atoms with E-state index in [4.69, 9.17) is 0 Å². The second kappa shape index (κ2) is 6.48. The largest absolute Gasteiger partial charge is 0.307 e. The van der Waals surface area contributed by atoms with E-state index >= 15 is 0 Å². The molecule has 1 aromatic carbocycles. The van der Waals surface area contributed by atoms with Gasteiger partial charge in [0.25, 0.3) is 5.91 Å². The van der Waals surface area contributed by atoms with Crippen LogP contribution in [0.3, 0.4) is 0 Å². The van der Waals surface area contributed by atoms with Crippen molar-refractivity contribution in [3.63, 3.8) is 0 Å². The van der Waals surface area contributed by atoms with Gasteiger partial charge in [0.15, 0.2) is 0 Å². The van der Waals surface area contributed by atoms with Gasteiger partial charge in [-0.2, -0.15) is 10.2 Å². The van der Waals surface area contributed by atoms with E-state index < -0.39 is 0 Å². The molecule has 0 aliphatic carbocycles. The third kappa shape index (κ3) is 3.48. The summed E-state index contributed by atoms with van der Waals surface area (Å²) >= 11 is 0. The standard InChI is InChI=1S/C17H19N5O/c1-13(2)22-16(8-10-19-22)20-17(23)15-6-4-14(5-7-15)12-21-11-3-9-18-21/h3-11,13H,12H2,1-2H3,(H,20,23). The lowest BCUT2D eigenvalue weighted by atomic mass is 10.1. The number of carbonyl (C=O) groups is 1. The first-order chi connectivity index (χ1) is 11.1. The van der Waals surface area contributed by atoms with Crippen LogP contribution in [0.5, 0.6) is 0 Å². The molecule has 0 spiro atoms. The van der Waals surface area contributed by atoms with Crippen LogP contribution in [0, 0.1) is 0 Å². The molecule has 0 saturated heterocycles. The topological polar surface area (TPSA) is 64.7 Å². The van der Waals surface area contributed by atoms with Gasteiger partial charge in [-0.25, -0.2) is 4.68 Å². The summed E-state index contributed by atoms with van der Waals surface area (Å²) < 4.78 is 3.63. The van der Waals surface area contributed by atoms with Gasteiger partial charge in [-0.1, -0.05) is 12.1 Å². The van der Waals surface area contributed by atoms with Crippen molar-refractivity contribution in [2.24, 2.45) is 0 Å². The zero-order valence-electron chi connectivity index (χ0n) is 13.2. The minimum atomic E-state index is -0.141. The molecule has 6 heteroatoms. The smallest absolute Gasteiger partial charge is 0.256 e. The molecule has 0 aliphatic rings. The molecule has 3 rings (SSSR count). The van der Waals surface area contributed by atoms with E-state index in [1.54, 1.807) is 23.1 Å². The molecule has 23 heavy (non-hydrogen) atoms. The molecule has 3 aromatic rings. The normalized spacial score (nSPS) is 10.9. The number of hydrogen-bond acceptors (Lipinski definition) is 3. The summed E-state index contributed by atoms with van der Waals surface area (Å²) in [5.74, 6) is 0.559. The molecule has 0 radical (unpaired) electrons. The first-order valence-electron chi connectivity index (χ1n) is 7.55. The Morgan fingerprint density at radius 2 is 1.91 bits per heavy atom. The molecular formula is C17H19N5O. The number of carbonyl (C=O) groups excluding carboxylic acids is 1. The Hall–Kier alpha value is -2.89. The molecule has 0 aliphatic heterocycles. The summed E-state index contributed by atoms with van der Waals surface area (Å²) in [5, 5.41) is 11.3. The van der Waals surface area contributed by atoms with Crippen LogP contribution in [0.1, 0.15) is 35.8 Å². The van der Waals surface area contributed by atoms with Crippen molar-refractivity contribution in [1.29, 1.82) is 0 Å². The second-order valence-corrected chi connectivity index (χ2v) is 5.61. The van der Waals surface area contributed by atoms with Crippen molar-refractivity contribution in [3.05, 3.63) is 66.1 Å². The summed E-state index contributed by atoms with van der Waals surface area (Å²) in [6.45, 7) is 4.73. The highest BCUT2D eigenvalue weighted by molar-refractivity contribution is 6.03. The highest BCUT2D eigenvalue weighted by Gasteiger charge is 2.11.